The molecule has 106 valence electrons. The number of nitrogens with two attached hydrogens (primary N) is 1. The Morgan fingerprint density at radius 2 is 1.95 bits per heavy atom. The molecule has 0 spiro atoms. The summed E-state index contributed by atoms with van der Waals surface area (Å²) in [6.45, 7) is 2.19. The molecule has 0 bridgehead atoms. The zero-order valence-corrected chi connectivity index (χ0v) is 11.5. The van der Waals surface area contributed by atoms with Crippen LogP contribution in [0.25, 0.3) is 5.65 Å². The summed E-state index contributed by atoms with van der Waals surface area (Å²) in [6, 6.07) is 0. The van der Waals surface area contributed by atoms with Crippen molar-refractivity contribution >= 4 is 17.3 Å². The minimum atomic E-state index is 0.682. The molecule has 2 saturated carbocycles. The van der Waals surface area contributed by atoms with Crippen LogP contribution in [-0.4, -0.2) is 27.5 Å². The van der Waals surface area contributed by atoms with Gasteiger partial charge in [0.05, 0.1) is 6.20 Å². The van der Waals surface area contributed by atoms with E-state index in [-0.39, 0.29) is 0 Å². The van der Waals surface area contributed by atoms with Gasteiger partial charge >= 0.3 is 0 Å². The van der Waals surface area contributed by atoms with Crippen LogP contribution < -0.4 is 16.2 Å². The van der Waals surface area contributed by atoms with Gasteiger partial charge in [-0.2, -0.15) is 0 Å². The molecule has 0 atom stereocenters. The third kappa shape index (κ3) is 2.31. The number of hydrogen-bond donors (Lipinski definition) is 2. The van der Waals surface area contributed by atoms with E-state index in [1.165, 1.54) is 25.7 Å². The van der Waals surface area contributed by atoms with Crippen molar-refractivity contribution in [1.29, 1.82) is 0 Å². The fraction of sp³-hybridized carbons (Fsp3) is 0.571. The first-order chi connectivity index (χ1) is 9.83. The van der Waals surface area contributed by atoms with E-state index in [0.29, 0.717) is 5.82 Å². The van der Waals surface area contributed by atoms with E-state index in [1.54, 1.807) is 0 Å². The second kappa shape index (κ2) is 4.63. The van der Waals surface area contributed by atoms with Gasteiger partial charge in [-0.25, -0.2) is 15.8 Å². The molecule has 6 heteroatoms. The molecule has 3 N–H and O–H groups in total. The number of anilines is 2. The average molecular weight is 272 g/mol. The molecule has 2 aliphatic rings. The van der Waals surface area contributed by atoms with Crippen LogP contribution in [0.3, 0.4) is 0 Å². The van der Waals surface area contributed by atoms with Crippen LogP contribution in [0.4, 0.5) is 11.6 Å². The standard InChI is InChI=1S/C14H20N6/c15-18-12-9-19-6-5-16-13(19)14(17-12)20(7-10-1-2-10)8-11-3-4-11/h5-6,9-11,18H,1-4,7-8,15H2. The second-order valence-corrected chi connectivity index (χ2v) is 6.04. The molecule has 20 heavy (non-hydrogen) atoms. The molecule has 2 fully saturated rings. The third-order valence-electron chi connectivity index (χ3n) is 4.15. The Labute approximate surface area is 118 Å². The SMILES string of the molecule is NNc1cn2ccnc2c(N(CC2CC2)CC2CC2)n1. The van der Waals surface area contributed by atoms with Gasteiger partial charge in [0.25, 0.3) is 0 Å². The maximum absolute atomic E-state index is 5.54. The monoisotopic (exact) mass is 272 g/mol. The maximum Gasteiger partial charge on any atom is 0.180 e. The smallest absolute Gasteiger partial charge is 0.180 e. The summed E-state index contributed by atoms with van der Waals surface area (Å²) in [6.07, 6.45) is 11.0. The highest BCUT2D eigenvalue weighted by Gasteiger charge is 2.31. The molecule has 0 radical (unpaired) electrons. The molecule has 0 aliphatic heterocycles. The molecule has 0 unspecified atom stereocenters. The summed E-state index contributed by atoms with van der Waals surface area (Å²) in [5.74, 6) is 8.85. The fourth-order valence-corrected chi connectivity index (χ4v) is 2.67. The van der Waals surface area contributed by atoms with Gasteiger partial charge in [-0.1, -0.05) is 0 Å². The number of aromatic nitrogens is 3. The summed E-state index contributed by atoms with van der Waals surface area (Å²) in [7, 11) is 0. The van der Waals surface area contributed by atoms with E-state index in [2.05, 4.69) is 20.3 Å². The van der Waals surface area contributed by atoms with Crippen molar-refractivity contribution in [3.05, 3.63) is 18.6 Å². The summed E-state index contributed by atoms with van der Waals surface area (Å²) < 4.78 is 1.99. The highest BCUT2D eigenvalue weighted by atomic mass is 15.3. The molecule has 0 saturated heterocycles. The first kappa shape index (κ1) is 12.0. The fourth-order valence-electron chi connectivity index (χ4n) is 2.67. The van der Waals surface area contributed by atoms with E-state index in [9.17, 15) is 0 Å². The average Bonchev–Trinajstić information content (AvgIpc) is 3.38. The van der Waals surface area contributed by atoms with Crippen LogP contribution in [-0.2, 0) is 0 Å². The van der Waals surface area contributed by atoms with Gasteiger partial charge in [-0.05, 0) is 37.5 Å². The lowest BCUT2D eigenvalue weighted by Gasteiger charge is -2.24. The predicted octanol–water partition coefficient (Wildman–Crippen LogP) is 1.64. The Balaban J connectivity index is 1.73. The van der Waals surface area contributed by atoms with Crippen LogP contribution in [0, 0.1) is 11.8 Å². The Bertz CT molecular complexity index is 599. The van der Waals surface area contributed by atoms with Crippen LogP contribution in [0.2, 0.25) is 0 Å². The number of rotatable bonds is 6. The minimum absolute atomic E-state index is 0.682. The number of fused-ring (bicyclic) bond motifs is 1. The second-order valence-electron chi connectivity index (χ2n) is 6.04. The molecule has 0 aromatic carbocycles. The highest BCUT2D eigenvalue weighted by Crippen LogP contribution is 2.36. The molecule has 2 aromatic rings. The summed E-state index contributed by atoms with van der Waals surface area (Å²) in [4.78, 5) is 11.5. The number of imidazole rings is 1. The zero-order chi connectivity index (χ0) is 13.5. The van der Waals surface area contributed by atoms with Crippen molar-refractivity contribution in [2.75, 3.05) is 23.4 Å². The molecule has 2 aliphatic carbocycles. The predicted molar refractivity (Wildman–Crippen MR) is 78.5 cm³/mol. The molecule has 2 heterocycles. The topological polar surface area (TPSA) is 71.5 Å². The number of hydrogen-bond acceptors (Lipinski definition) is 5. The Hall–Kier alpha value is -1.82. The third-order valence-corrected chi connectivity index (χ3v) is 4.15. The van der Waals surface area contributed by atoms with Gasteiger partial charge in [-0.3, -0.25) is 0 Å². The van der Waals surface area contributed by atoms with Crippen molar-refractivity contribution in [3.8, 4) is 0 Å². The van der Waals surface area contributed by atoms with Crippen molar-refractivity contribution in [2.24, 2.45) is 17.7 Å². The van der Waals surface area contributed by atoms with Crippen LogP contribution in [0.1, 0.15) is 25.7 Å². The first-order valence-electron chi connectivity index (χ1n) is 7.39. The maximum atomic E-state index is 5.54. The Morgan fingerprint density at radius 3 is 2.55 bits per heavy atom. The lowest BCUT2D eigenvalue weighted by molar-refractivity contribution is 0.672. The van der Waals surface area contributed by atoms with Gasteiger partial charge in [-0.15, -0.1) is 0 Å². The summed E-state index contributed by atoms with van der Waals surface area (Å²) >= 11 is 0. The minimum Gasteiger partial charge on any atom is -0.353 e. The van der Waals surface area contributed by atoms with Crippen molar-refractivity contribution in [2.45, 2.75) is 25.7 Å². The van der Waals surface area contributed by atoms with Crippen LogP contribution in [0.5, 0.6) is 0 Å². The van der Waals surface area contributed by atoms with E-state index in [1.807, 2.05) is 23.0 Å². The Kier molecular flexibility index (Phi) is 2.77. The molecule has 4 rings (SSSR count). The quantitative estimate of drug-likeness (QED) is 0.618. The largest absolute Gasteiger partial charge is 0.353 e. The van der Waals surface area contributed by atoms with Gasteiger partial charge in [0.15, 0.2) is 17.3 Å². The van der Waals surface area contributed by atoms with Crippen LogP contribution >= 0.6 is 0 Å². The van der Waals surface area contributed by atoms with Gasteiger partial charge in [0.2, 0.25) is 0 Å². The van der Waals surface area contributed by atoms with Gasteiger partial charge < -0.3 is 14.7 Å². The summed E-state index contributed by atoms with van der Waals surface area (Å²) in [5.41, 5.74) is 3.58. The Morgan fingerprint density at radius 1 is 1.25 bits per heavy atom. The van der Waals surface area contributed by atoms with E-state index >= 15 is 0 Å². The van der Waals surface area contributed by atoms with Crippen molar-refractivity contribution in [3.63, 3.8) is 0 Å². The lowest BCUT2D eigenvalue weighted by atomic mass is 10.3. The van der Waals surface area contributed by atoms with Gasteiger partial charge in [0.1, 0.15) is 0 Å². The lowest BCUT2D eigenvalue weighted by Crippen LogP contribution is -2.30. The number of nitrogens with zero attached hydrogens (tertiary/aromatic N) is 4. The van der Waals surface area contributed by atoms with Gasteiger partial charge in [0, 0.05) is 25.5 Å². The molecular formula is C14H20N6. The normalized spacial score (nSPS) is 18.4. The van der Waals surface area contributed by atoms with Crippen molar-refractivity contribution < 1.29 is 0 Å². The van der Waals surface area contributed by atoms with E-state index in [4.69, 9.17) is 5.84 Å². The molecule has 0 amide bonds. The van der Waals surface area contributed by atoms with Crippen LogP contribution in [0.15, 0.2) is 18.6 Å². The molecular weight excluding hydrogens is 252 g/mol. The van der Waals surface area contributed by atoms with E-state index in [0.717, 1.165) is 36.4 Å². The zero-order valence-electron chi connectivity index (χ0n) is 11.5. The number of hydrazine groups is 1. The number of nitrogens with one attached hydrogen (secondary N) is 1. The first-order valence-corrected chi connectivity index (χ1v) is 7.39. The van der Waals surface area contributed by atoms with E-state index < -0.39 is 0 Å². The molecule has 2 aromatic heterocycles. The number of nitrogen functional groups attached to an aromatic ring is 1. The van der Waals surface area contributed by atoms with Crippen molar-refractivity contribution in [1.82, 2.24) is 14.4 Å². The highest BCUT2D eigenvalue weighted by molar-refractivity contribution is 5.67. The summed E-state index contributed by atoms with van der Waals surface area (Å²) in [5, 5.41) is 0. The molecule has 6 nitrogen and oxygen atoms in total.